The van der Waals surface area contributed by atoms with Crippen molar-refractivity contribution in [2.75, 3.05) is 17.3 Å². The Balaban J connectivity index is 2.08. The summed E-state index contributed by atoms with van der Waals surface area (Å²) in [7, 11) is 1.17. The maximum Gasteiger partial charge on any atom is 0.308 e. The van der Waals surface area contributed by atoms with Crippen LogP contribution in [0.2, 0.25) is 0 Å². The van der Waals surface area contributed by atoms with E-state index in [0.29, 0.717) is 11.4 Å². The number of hydrogen-bond acceptors (Lipinski definition) is 4. The Morgan fingerprint density at radius 1 is 1.15 bits per heavy atom. The van der Waals surface area contributed by atoms with Crippen LogP contribution in [0.5, 0.6) is 0 Å². The number of rotatable bonds is 3. The van der Waals surface area contributed by atoms with Crippen molar-refractivity contribution in [3.8, 4) is 0 Å². The molecule has 1 unspecified atom stereocenters. The molecule has 0 radical (unpaired) electrons. The molecule has 0 saturated carbocycles. The molecular weight excluding hydrogens is 346 g/mol. The van der Waals surface area contributed by atoms with Gasteiger partial charge in [-0.1, -0.05) is 12.1 Å². The SMILES string of the molecule is COC(=O)CC1C(=O)Nc2ccccc2N1C(=O)c1ccc(F)c(F)c1. The zero-order chi connectivity index (χ0) is 18.8. The van der Waals surface area contributed by atoms with Crippen molar-refractivity contribution in [3.05, 3.63) is 59.7 Å². The van der Waals surface area contributed by atoms with E-state index in [1.54, 1.807) is 24.3 Å². The van der Waals surface area contributed by atoms with Crippen LogP contribution in [0.1, 0.15) is 16.8 Å². The van der Waals surface area contributed by atoms with Gasteiger partial charge in [-0.15, -0.1) is 0 Å². The number of benzene rings is 2. The third-order valence-electron chi connectivity index (χ3n) is 4.01. The fourth-order valence-corrected chi connectivity index (χ4v) is 2.73. The maximum atomic E-state index is 13.5. The number of ether oxygens (including phenoxy) is 1. The molecule has 1 aliphatic rings. The van der Waals surface area contributed by atoms with Crippen LogP contribution < -0.4 is 10.2 Å². The Bertz CT molecular complexity index is 901. The summed E-state index contributed by atoms with van der Waals surface area (Å²) in [6, 6.07) is 8.00. The molecule has 2 aromatic carbocycles. The number of fused-ring (bicyclic) bond motifs is 1. The monoisotopic (exact) mass is 360 g/mol. The molecule has 0 aliphatic carbocycles. The van der Waals surface area contributed by atoms with E-state index in [2.05, 4.69) is 10.1 Å². The summed E-state index contributed by atoms with van der Waals surface area (Å²) in [4.78, 5) is 38.2. The van der Waals surface area contributed by atoms with Crippen LogP contribution in [-0.4, -0.2) is 30.9 Å². The molecule has 3 rings (SSSR count). The Labute approximate surface area is 147 Å². The van der Waals surface area contributed by atoms with Gasteiger partial charge in [0.15, 0.2) is 11.6 Å². The van der Waals surface area contributed by atoms with Crippen molar-refractivity contribution >= 4 is 29.2 Å². The number of para-hydroxylation sites is 2. The normalized spacial score (nSPS) is 15.9. The lowest BCUT2D eigenvalue weighted by Gasteiger charge is -2.36. The molecule has 1 aliphatic heterocycles. The first-order valence-electron chi connectivity index (χ1n) is 7.67. The fourth-order valence-electron chi connectivity index (χ4n) is 2.73. The van der Waals surface area contributed by atoms with Crippen LogP contribution in [0.4, 0.5) is 20.2 Å². The summed E-state index contributed by atoms with van der Waals surface area (Å²) in [5.41, 5.74) is 0.563. The van der Waals surface area contributed by atoms with E-state index < -0.39 is 35.5 Å². The molecule has 134 valence electrons. The number of carbonyl (C=O) groups is 3. The number of nitrogens with zero attached hydrogens (tertiary/aromatic N) is 1. The molecule has 0 bridgehead atoms. The van der Waals surface area contributed by atoms with Gasteiger partial charge in [0, 0.05) is 5.56 Å². The number of amides is 2. The van der Waals surface area contributed by atoms with Gasteiger partial charge < -0.3 is 10.1 Å². The summed E-state index contributed by atoms with van der Waals surface area (Å²) >= 11 is 0. The van der Waals surface area contributed by atoms with Gasteiger partial charge in [0.1, 0.15) is 6.04 Å². The summed E-state index contributed by atoms with van der Waals surface area (Å²) < 4.78 is 31.3. The van der Waals surface area contributed by atoms with E-state index >= 15 is 0 Å². The van der Waals surface area contributed by atoms with Crippen LogP contribution in [0, 0.1) is 11.6 Å². The Morgan fingerprint density at radius 2 is 1.88 bits per heavy atom. The van der Waals surface area contributed by atoms with Gasteiger partial charge in [-0.05, 0) is 30.3 Å². The summed E-state index contributed by atoms with van der Waals surface area (Å²) in [5, 5.41) is 2.62. The second-order valence-electron chi connectivity index (χ2n) is 5.61. The lowest BCUT2D eigenvalue weighted by Crippen LogP contribution is -2.52. The fraction of sp³-hybridized carbons (Fsp3) is 0.167. The molecule has 0 fully saturated rings. The van der Waals surface area contributed by atoms with Crippen molar-refractivity contribution in [1.82, 2.24) is 0 Å². The summed E-state index contributed by atoms with van der Waals surface area (Å²) in [6.07, 6.45) is -0.383. The summed E-state index contributed by atoms with van der Waals surface area (Å²) in [5.74, 6) is -4.28. The second-order valence-corrected chi connectivity index (χ2v) is 5.61. The minimum atomic E-state index is -1.19. The van der Waals surface area contributed by atoms with Gasteiger partial charge in [0.05, 0.1) is 24.9 Å². The smallest absolute Gasteiger partial charge is 0.308 e. The zero-order valence-corrected chi connectivity index (χ0v) is 13.7. The third kappa shape index (κ3) is 3.13. The number of anilines is 2. The number of halogens is 2. The molecule has 0 saturated heterocycles. The minimum absolute atomic E-state index is 0.150. The van der Waals surface area contributed by atoms with Crippen LogP contribution >= 0.6 is 0 Å². The molecule has 1 atom stereocenters. The van der Waals surface area contributed by atoms with Gasteiger partial charge in [-0.3, -0.25) is 19.3 Å². The van der Waals surface area contributed by atoms with Crippen molar-refractivity contribution in [2.24, 2.45) is 0 Å². The average Bonchev–Trinajstić information content (AvgIpc) is 2.63. The quantitative estimate of drug-likeness (QED) is 0.854. The molecule has 6 nitrogen and oxygen atoms in total. The first kappa shape index (κ1) is 17.5. The van der Waals surface area contributed by atoms with Gasteiger partial charge >= 0.3 is 5.97 Å². The van der Waals surface area contributed by atoms with Gasteiger partial charge in [0.25, 0.3) is 5.91 Å². The largest absolute Gasteiger partial charge is 0.469 e. The highest BCUT2D eigenvalue weighted by molar-refractivity contribution is 6.17. The van der Waals surface area contributed by atoms with E-state index in [-0.39, 0.29) is 12.0 Å². The van der Waals surface area contributed by atoms with Gasteiger partial charge in [-0.2, -0.15) is 0 Å². The number of esters is 1. The molecule has 1 heterocycles. The van der Waals surface area contributed by atoms with Crippen LogP contribution in [0.15, 0.2) is 42.5 Å². The predicted octanol–water partition coefficient (Wildman–Crippen LogP) is 2.50. The van der Waals surface area contributed by atoms with Crippen LogP contribution in [0.25, 0.3) is 0 Å². The molecule has 8 heteroatoms. The highest BCUT2D eigenvalue weighted by atomic mass is 19.2. The number of carbonyl (C=O) groups excluding carboxylic acids is 3. The highest BCUT2D eigenvalue weighted by Gasteiger charge is 2.39. The van der Waals surface area contributed by atoms with Crippen molar-refractivity contribution < 1.29 is 27.9 Å². The van der Waals surface area contributed by atoms with E-state index in [4.69, 9.17) is 0 Å². The van der Waals surface area contributed by atoms with Crippen molar-refractivity contribution in [2.45, 2.75) is 12.5 Å². The molecule has 1 N–H and O–H groups in total. The lowest BCUT2D eigenvalue weighted by molar-refractivity contribution is -0.142. The molecule has 2 aromatic rings. The number of hydrogen-bond donors (Lipinski definition) is 1. The molecule has 0 spiro atoms. The van der Waals surface area contributed by atoms with E-state index in [1.165, 1.54) is 7.11 Å². The Morgan fingerprint density at radius 3 is 2.58 bits per heavy atom. The van der Waals surface area contributed by atoms with Crippen molar-refractivity contribution in [3.63, 3.8) is 0 Å². The summed E-state index contributed by atoms with van der Waals surface area (Å²) in [6.45, 7) is 0. The van der Waals surface area contributed by atoms with E-state index in [0.717, 1.165) is 23.1 Å². The standard InChI is InChI=1S/C18H14F2N2O4/c1-26-16(23)9-15-17(24)21-13-4-2-3-5-14(13)22(15)18(25)10-6-7-11(19)12(20)8-10/h2-8,15H,9H2,1H3,(H,21,24). The highest BCUT2D eigenvalue weighted by Crippen LogP contribution is 2.34. The number of nitrogens with one attached hydrogen (secondary N) is 1. The molecule has 0 aromatic heterocycles. The topological polar surface area (TPSA) is 75.7 Å². The maximum absolute atomic E-state index is 13.5. The predicted molar refractivity (Wildman–Crippen MR) is 88.7 cm³/mol. The average molecular weight is 360 g/mol. The molecular formula is C18H14F2N2O4. The Hall–Kier alpha value is -3.29. The minimum Gasteiger partial charge on any atom is -0.469 e. The number of methoxy groups -OCH3 is 1. The van der Waals surface area contributed by atoms with Gasteiger partial charge in [0.2, 0.25) is 5.91 Å². The van der Waals surface area contributed by atoms with Gasteiger partial charge in [-0.25, -0.2) is 8.78 Å². The first-order valence-corrected chi connectivity index (χ1v) is 7.67. The van der Waals surface area contributed by atoms with E-state index in [9.17, 15) is 23.2 Å². The second kappa shape index (κ2) is 6.91. The van der Waals surface area contributed by atoms with Crippen molar-refractivity contribution in [1.29, 1.82) is 0 Å². The Kier molecular flexibility index (Phi) is 4.66. The van der Waals surface area contributed by atoms with E-state index in [1.807, 2.05) is 0 Å². The van der Waals surface area contributed by atoms with Crippen LogP contribution in [-0.2, 0) is 14.3 Å². The molecule has 2 amide bonds. The van der Waals surface area contributed by atoms with Crippen LogP contribution in [0.3, 0.4) is 0 Å². The first-order chi connectivity index (χ1) is 12.4. The zero-order valence-electron chi connectivity index (χ0n) is 13.7. The lowest BCUT2D eigenvalue weighted by atomic mass is 10.0. The molecule has 26 heavy (non-hydrogen) atoms. The third-order valence-corrected chi connectivity index (χ3v) is 4.01.